The number of hydrogen-bond donors (Lipinski definition) is 0. The molecule has 0 spiro atoms. The van der Waals surface area contributed by atoms with Crippen molar-refractivity contribution in [3.8, 4) is 0 Å². The molecule has 1 heterocycles. The van der Waals surface area contributed by atoms with E-state index >= 15 is 0 Å². The normalized spacial score (nSPS) is 19.1. The second-order valence-corrected chi connectivity index (χ2v) is 13.2. The Labute approximate surface area is 170 Å². The molecule has 2 atom stereocenters. The standard InChI is InChI=1S/C24H32O3Si/c1-19(22-16-11-17-23(25)27-22)18-26-28(24(2,3)4,20-12-7-5-8-13-20)21-14-9-6-10-15-21/h5-10,12-15,19,22H,11,16-18H2,1-4H3/t19-,22-/m0/s1. The van der Waals surface area contributed by atoms with Crippen LogP contribution in [0.2, 0.25) is 5.04 Å². The molecule has 4 heteroatoms. The topological polar surface area (TPSA) is 35.5 Å². The van der Waals surface area contributed by atoms with Crippen molar-refractivity contribution in [3.63, 3.8) is 0 Å². The van der Waals surface area contributed by atoms with E-state index in [1.807, 2.05) is 0 Å². The van der Waals surface area contributed by atoms with E-state index in [-0.39, 0.29) is 23.0 Å². The van der Waals surface area contributed by atoms with Crippen LogP contribution in [0.3, 0.4) is 0 Å². The zero-order valence-electron chi connectivity index (χ0n) is 17.5. The van der Waals surface area contributed by atoms with Gasteiger partial charge in [-0.1, -0.05) is 88.4 Å². The molecule has 0 aliphatic carbocycles. The van der Waals surface area contributed by atoms with Crippen LogP contribution >= 0.6 is 0 Å². The van der Waals surface area contributed by atoms with Crippen LogP contribution in [-0.2, 0) is 14.0 Å². The zero-order valence-corrected chi connectivity index (χ0v) is 18.5. The first-order valence-corrected chi connectivity index (χ1v) is 12.2. The third kappa shape index (κ3) is 4.23. The first-order chi connectivity index (χ1) is 13.3. The van der Waals surface area contributed by atoms with Gasteiger partial charge in [0.2, 0.25) is 0 Å². The predicted molar refractivity (Wildman–Crippen MR) is 116 cm³/mol. The average molecular weight is 397 g/mol. The summed E-state index contributed by atoms with van der Waals surface area (Å²) in [6.45, 7) is 9.58. The minimum atomic E-state index is -2.53. The monoisotopic (exact) mass is 396 g/mol. The summed E-state index contributed by atoms with van der Waals surface area (Å²) in [6.07, 6.45) is 2.34. The third-order valence-corrected chi connectivity index (χ3v) is 10.8. The summed E-state index contributed by atoms with van der Waals surface area (Å²) in [5, 5.41) is 2.52. The van der Waals surface area contributed by atoms with E-state index in [9.17, 15) is 4.79 Å². The summed E-state index contributed by atoms with van der Waals surface area (Å²) in [6, 6.07) is 21.3. The first kappa shape index (κ1) is 20.8. The van der Waals surface area contributed by atoms with Gasteiger partial charge >= 0.3 is 5.97 Å². The molecule has 0 saturated carbocycles. The molecule has 1 aliphatic heterocycles. The van der Waals surface area contributed by atoms with Gasteiger partial charge in [0.25, 0.3) is 8.32 Å². The van der Waals surface area contributed by atoms with Crippen molar-refractivity contribution in [3.05, 3.63) is 60.7 Å². The molecule has 0 radical (unpaired) electrons. The molecular weight excluding hydrogens is 364 g/mol. The van der Waals surface area contributed by atoms with Crippen LogP contribution < -0.4 is 10.4 Å². The van der Waals surface area contributed by atoms with E-state index in [1.54, 1.807) is 0 Å². The highest BCUT2D eigenvalue weighted by molar-refractivity contribution is 6.99. The van der Waals surface area contributed by atoms with Crippen molar-refractivity contribution in [2.75, 3.05) is 6.61 Å². The molecule has 0 amide bonds. The van der Waals surface area contributed by atoms with Crippen LogP contribution in [0.5, 0.6) is 0 Å². The fourth-order valence-corrected chi connectivity index (χ4v) is 8.93. The Bertz CT molecular complexity index is 728. The van der Waals surface area contributed by atoms with Crippen LogP contribution in [0.25, 0.3) is 0 Å². The summed E-state index contributed by atoms with van der Waals surface area (Å²) in [5.41, 5.74) is 0. The number of rotatable bonds is 6. The van der Waals surface area contributed by atoms with E-state index < -0.39 is 8.32 Å². The smallest absolute Gasteiger partial charge is 0.306 e. The Morgan fingerprint density at radius 1 is 1.04 bits per heavy atom. The van der Waals surface area contributed by atoms with Gasteiger partial charge in [-0.2, -0.15) is 0 Å². The van der Waals surface area contributed by atoms with Gasteiger partial charge < -0.3 is 9.16 Å². The van der Waals surface area contributed by atoms with Crippen LogP contribution in [0.4, 0.5) is 0 Å². The minimum Gasteiger partial charge on any atom is -0.462 e. The minimum absolute atomic E-state index is 0.0422. The second-order valence-electron chi connectivity index (χ2n) is 8.87. The Kier molecular flexibility index (Phi) is 6.41. The molecule has 3 rings (SSSR count). The lowest BCUT2D eigenvalue weighted by Gasteiger charge is -2.44. The van der Waals surface area contributed by atoms with Gasteiger partial charge in [-0.3, -0.25) is 4.79 Å². The number of hydrogen-bond acceptors (Lipinski definition) is 3. The van der Waals surface area contributed by atoms with Crippen molar-refractivity contribution in [2.24, 2.45) is 5.92 Å². The number of cyclic esters (lactones) is 1. The maximum Gasteiger partial charge on any atom is 0.306 e. The fraction of sp³-hybridized carbons (Fsp3) is 0.458. The molecule has 0 unspecified atom stereocenters. The molecule has 1 saturated heterocycles. The first-order valence-electron chi connectivity index (χ1n) is 10.3. The molecule has 1 fully saturated rings. The highest BCUT2D eigenvalue weighted by atomic mass is 28.4. The van der Waals surface area contributed by atoms with Gasteiger partial charge in [-0.15, -0.1) is 0 Å². The maximum absolute atomic E-state index is 11.7. The van der Waals surface area contributed by atoms with Crippen molar-refractivity contribution >= 4 is 24.7 Å². The quantitative estimate of drug-likeness (QED) is 0.540. The highest BCUT2D eigenvalue weighted by Gasteiger charge is 2.50. The molecule has 2 aromatic carbocycles. The number of esters is 1. The van der Waals surface area contributed by atoms with Crippen molar-refractivity contribution in [2.45, 2.75) is 58.1 Å². The molecule has 3 nitrogen and oxygen atoms in total. The summed E-state index contributed by atoms with van der Waals surface area (Å²) < 4.78 is 12.6. The zero-order chi connectivity index (χ0) is 20.2. The molecule has 1 aliphatic rings. The summed E-state index contributed by atoms with van der Waals surface area (Å²) in [4.78, 5) is 11.7. The van der Waals surface area contributed by atoms with Crippen LogP contribution in [0, 0.1) is 5.92 Å². The van der Waals surface area contributed by atoms with Crippen molar-refractivity contribution in [1.82, 2.24) is 0 Å². The molecule has 0 bridgehead atoms. The third-order valence-electron chi connectivity index (χ3n) is 5.77. The highest BCUT2D eigenvalue weighted by Crippen LogP contribution is 2.37. The molecule has 0 aromatic heterocycles. The van der Waals surface area contributed by atoms with Crippen molar-refractivity contribution < 1.29 is 14.0 Å². The summed E-state index contributed by atoms with van der Waals surface area (Å²) in [7, 11) is -2.53. The van der Waals surface area contributed by atoms with E-state index in [0.717, 1.165) is 12.8 Å². The molecule has 2 aromatic rings. The van der Waals surface area contributed by atoms with E-state index in [0.29, 0.717) is 13.0 Å². The molecule has 28 heavy (non-hydrogen) atoms. The van der Waals surface area contributed by atoms with Crippen LogP contribution in [0.15, 0.2) is 60.7 Å². The number of carbonyl (C=O) groups is 1. The van der Waals surface area contributed by atoms with E-state index in [4.69, 9.17) is 9.16 Å². The van der Waals surface area contributed by atoms with Gasteiger partial charge in [0.15, 0.2) is 0 Å². The van der Waals surface area contributed by atoms with Crippen LogP contribution in [-0.4, -0.2) is 27.0 Å². The Balaban J connectivity index is 1.95. The number of benzene rings is 2. The summed E-state index contributed by atoms with van der Waals surface area (Å²) in [5.74, 6) is 0.0967. The lowest BCUT2D eigenvalue weighted by atomic mass is 9.98. The molecular formula is C24H32O3Si. The van der Waals surface area contributed by atoms with Gasteiger partial charge in [0.1, 0.15) is 6.10 Å². The second kappa shape index (κ2) is 8.62. The van der Waals surface area contributed by atoms with Gasteiger partial charge in [0, 0.05) is 18.9 Å². The lowest BCUT2D eigenvalue weighted by Crippen LogP contribution is -2.67. The SMILES string of the molecule is C[C@@H](CO[Si](c1ccccc1)(c1ccccc1)C(C)(C)C)[C@@H]1CCCC(=O)O1. The summed E-state index contributed by atoms with van der Waals surface area (Å²) >= 11 is 0. The van der Waals surface area contributed by atoms with Gasteiger partial charge in [-0.05, 0) is 28.3 Å². The number of carbonyl (C=O) groups excluding carboxylic acids is 1. The van der Waals surface area contributed by atoms with Gasteiger partial charge in [-0.25, -0.2) is 0 Å². The number of ether oxygens (including phenoxy) is 1. The van der Waals surface area contributed by atoms with Gasteiger partial charge in [0.05, 0.1) is 0 Å². The lowest BCUT2D eigenvalue weighted by molar-refractivity contribution is -0.157. The van der Waals surface area contributed by atoms with E-state index in [2.05, 4.69) is 88.4 Å². The Hall–Kier alpha value is -1.91. The Morgan fingerprint density at radius 3 is 2.04 bits per heavy atom. The molecule has 150 valence electrons. The largest absolute Gasteiger partial charge is 0.462 e. The van der Waals surface area contributed by atoms with Crippen molar-refractivity contribution in [1.29, 1.82) is 0 Å². The fourth-order valence-electron chi connectivity index (χ4n) is 4.26. The Morgan fingerprint density at radius 2 is 1.57 bits per heavy atom. The van der Waals surface area contributed by atoms with E-state index in [1.165, 1.54) is 10.4 Å². The molecule has 0 N–H and O–H groups in total. The maximum atomic E-state index is 11.7. The average Bonchev–Trinajstić information content (AvgIpc) is 2.69. The van der Waals surface area contributed by atoms with Crippen LogP contribution in [0.1, 0.15) is 47.0 Å². The predicted octanol–water partition coefficient (Wildman–Crippen LogP) is 4.29.